The van der Waals surface area contributed by atoms with E-state index in [-0.39, 0.29) is 17.3 Å². The Balaban J connectivity index is 2.02. The fraction of sp³-hybridized carbons (Fsp3) is 0.583. The number of nitrogens with one attached hydrogen (secondary N) is 1. The maximum absolute atomic E-state index is 12.2. The molecule has 0 aliphatic carbocycles. The quantitative estimate of drug-likeness (QED) is 0.808. The van der Waals surface area contributed by atoms with E-state index in [1.807, 2.05) is 0 Å². The molecule has 1 unspecified atom stereocenters. The topological polar surface area (TPSA) is 89.5 Å². The van der Waals surface area contributed by atoms with Gasteiger partial charge in [0.1, 0.15) is 0 Å². The van der Waals surface area contributed by atoms with Crippen molar-refractivity contribution in [3.63, 3.8) is 0 Å². The van der Waals surface area contributed by atoms with Crippen molar-refractivity contribution in [2.24, 2.45) is 5.92 Å². The molecule has 1 aliphatic rings. The number of carboxylic acids is 1. The van der Waals surface area contributed by atoms with E-state index in [9.17, 15) is 9.59 Å². The van der Waals surface area contributed by atoms with Crippen LogP contribution in [0.1, 0.15) is 27.4 Å². The second kappa shape index (κ2) is 5.40. The number of aromatic carboxylic acids is 1. The lowest BCUT2D eigenvalue weighted by molar-refractivity contribution is 0.0672. The van der Waals surface area contributed by atoms with Crippen molar-refractivity contribution in [3.05, 3.63) is 17.7 Å². The molecule has 1 amide bonds. The molecule has 2 N–H and O–H groups in total. The molecular formula is C12H18N4O3. The molecule has 1 aromatic rings. The van der Waals surface area contributed by atoms with Gasteiger partial charge in [-0.05, 0) is 25.9 Å². The van der Waals surface area contributed by atoms with E-state index in [0.29, 0.717) is 12.5 Å². The van der Waals surface area contributed by atoms with Gasteiger partial charge < -0.3 is 19.9 Å². The van der Waals surface area contributed by atoms with E-state index in [0.717, 1.165) is 19.5 Å². The largest absolute Gasteiger partial charge is 0.477 e. The molecule has 2 rings (SSSR count). The van der Waals surface area contributed by atoms with Gasteiger partial charge in [0.05, 0.1) is 6.33 Å². The molecule has 19 heavy (non-hydrogen) atoms. The standard InChI is InChI=1S/C12H18N4O3/c1-15-4-3-8(5-15)6-16(2)11(17)9-10(12(18)19)14-7-13-9/h7-8H,3-6H2,1-2H3,(H,13,14)(H,18,19). The van der Waals surface area contributed by atoms with Crippen LogP contribution >= 0.6 is 0 Å². The summed E-state index contributed by atoms with van der Waals surface area (Å²) < 4.78 is 0. The van der Waals surface area contributed by atoms with E-state index in [1.165, 1.54) is 6.33 Å². The number of hydrogen-bond acceptors (Lipinski definition) is 4. The van der Waals surface area contributed by atoms with Crippen LogP contribution in [0, 0.1) is 5.92 Å². The Morgan fingerprint density at radius 3 is 2.95 bits per heavy atom. The zero-order valence-corrected chi connectivity index (χ0v) is 11.1. The number of likely N-dealkylation sites (tertiary alicyclic amines) is 1. The Hall–Kier alpha value is -1.89. The van der Waals surface area contributed by atoms with E-state index in [1.54, 1.807) is 11.9 Å². The number of amides is 1. The third kappa shape index (κ3) is 2.93. The Morgan fingerprint density at radius 2 is 2.37 bits per heavy atom. The number of carbonyl (C=O) groups excluding carboxylic acids is 1. The molecule has 0 spiro atoms. The van der Waals surface area contributed by atoms with Gasteiger partial charge in [-0.25, -0.2) is 9.78 Å². The first-order valence-corrected chi connectivity index (χ1v) is 6.19. The average Bonchev–Trinajstić information content (AvgIpc) is 2.97. The van der Waals surface area contributed by atoms with Crippen LogP contribution in [-0.4, -0.2) is 70.5 Å². The fourth-order valence-electron chi connectivity index (χ4n) is 2.45. The first kappa shape index (κ1) is 13.5. The van der Waals surface area contributed by atoms with Crippen molar-refractivity contribution < 1.29 is 14.7 Å². The molecule has 0 radical (unpaired) electrons. The minimum Gasteiger partial charge on any atom is -0.477 e. The summed E-state index contributed by atoms with van der Waals surface area (Å²) in [6.07, 6.45) is 2.29. The van der Waals surface area contributed by atoms with Crippen LogP contribution < -0.4 is 0 Å². The Labute approximate surface area is 111 Å². The number of aromatic amines is 1. The van der Waals surface area contributed by atoms with Crippen LogP contribution in [0.15, 0.2) is 6.33 Å². The van der Waals surface area contributed by atoms with Crippen LogP contribution in [0.25, 0.3) is 0 Å². The average molecular weight is 266 g/mol. The number of rotatable bonds is 4. The maximum Gasteiger partial charge on any atom is 0.354 e. The highest BCUT2D eigenvalue weighted by Gasteiger charge is 2.26. The molecule has 104 valence electrons. The molecule has 0 bridgehead atoms. The molecular weight excluding hydrogens is 248 g/mol. The van der Waals surface area contributed by atoms with Gasteiger partial charge in [0, 0.05) is 20.1 Å². The van der Waals surface area contributed by atoms with Gasteiger partial charge in [0.2, 0.25) is 0 Å². The summed E-state index contributed by atoms with van der Waals surface area (Å²) in [5.74, 6) is -1.09. The van der Waals surface area contributed by atoms with Gasteiger partial charge in [-0.2, -0.15) is 0 Å². The molecule has 0 aromatic carbocycles. The van der Waals surface area contributed by atoms with E-state index in [2.05, 4.69) is 21.9 Å². The minimum atomic E-state index is -1.17. The molecule has 1 aliphatic heterocycles. The Kier molecular flexibility index (Phi) is 3.84. The number of carbonyl (C=O) groups is 2. The highest BCUT2D eigenvalue weighted by molar-refractivity contribution is 6.02. The van der Waals surface area contributed by atoms with E-state index < -0.39 is 5.97 Å². The van der Waals surface area contributed by atoms with E-state index in [4.69, 9.17) is 5.11 Å². The molecule has 2 heterocycles. The first-order chi connectivity index (χ1) is 8.99. The molecule has 1 fully saturated rings. The monoisotopic (exact) mass is 266 g/mol. The van der Waals surface area contributed by atoms with Gasteiger partial charge in [-0.3, -0.25) is 4.79 Å². The van der Waals surface area contributed by atoms with Crippen LogP contribution in [-0.2, 0) is 0 Å². The summed E-state index contributed by atoms with van der Waals surface area (Å²) in [7, 11) is 3.74. The third-order valence-corrected chi connectivity index (χ3v) is 3.42. The van der Waals surface area contributed by atoms with Crippen molar-refractivity contribution in [1.29, 1.82) is 0 Å². The van der Waals surface area contributed by atoms with Crippen LogP contribution in [0.4, 0.5) is 0 Å². The predicted octanol–water partition coefficient (Wildman–Crippen LogP) is 0.132. The van der Waals surface area contributed by atoms with Crippen LogP contribution in [0.3, 0.4) is 0 Å². The summed E-state index contributed by atoms with van der Waals surface area (Å²) >= 11 is 0. The van der Waals surface area contributed by atoms with Crippen LogP contribution in [0.5, 0.6) is 0 Å². The van der Waals surface area contributed by atoms with Gasteiger partial charge >= 0.3 is 5.97 Å². The van der Waals surface area contributed by atoms with Gasteiger partial charge in [-0.1, -0.05) is 0 Å². The number of H-pyrrole nitrogens is 1. The Bertz CT molecular complexity index is 485. The summed E-state index contributed by atoms with van der Waals surface area (Å²) in [5, 5.41) is 8.96. The first-order valence-electron chi connectivity index (χ1n) is 6.19. The SMILES string of the molecule is CN1CCC(CN(C)C(=O)c2nc[nH]c2C(=O)O)C1. The van der Waals surface area contributed by atoms with Crippen molar-refractivity contribution >= 4 is 11.9 Å². The van der Waals surface area contributed by atoms with Crippen LogP contribution in [0.2, 0.25) is 0 Å². The number of imidazole rings is 1. The van der Waals surface area contributed by atoms with Gasteiger partial charge in [-0.15, -0.1) is 0 Å². The second-order valence-corrected chi connectivity index (χ2v) is 5.03. The lowest BCUT2D eigenvalue weighted by atomic mass is 10.1. The fourth-order valence-corrected chi connectivity index (χ4v) is 2.45. The highest BCUT2D eigenvalue weighted by atomic mass is 16.4. The summed E-state index contributed by atoms with van der Waals surface area (Å²) in [4.78, 5) is 33.2. The highest BCUT2D eigenvalue weighted by Crippen LogP contribution is 2.16. The van der Waals surface area contributed by atoms with E-state index >= 15 is 0 Å². The van der Waals surface area contributed by atoms with Gasteiger partial charge in [0.25, 0.3) is 5.91 Å². The number of hydrogen-bond donors (Lipinski definition) is 2. The smallest absolute Gasteiger partial charge is 0.354 e. The van der Waals surface area contributed by atoms with Crippen molar-refractivity contribution in [2.45, 2.75) is 6.42 Å². The summed E-state index contributed by atoms with van der Waals surface area (Å²) in [5.41, 5.74) is -0.179. The predicted molar refractivity (Wildman–Crippen MR) is 68.1 cm³/mol. The lowest BCUT2D eigenvalue weighted by Crippen LogP contribution is -2.33. The minimum absolute atomic E-state index is 0.0265. The Morgan fingerprint density at radius 1 is 1.63 bits per heavy atom. The molecule has 1 aromatic heterocycles. The summed E-state index contributed by atoms with van der Waals surface area (Å²) in [6, 6.07) is 0. The molecule has 1 saturated heterocycles. The zero-order valence-electron chi connectivity index (χ0n) is 11.1. The number of aromatic nitrogens is 2. The number of nitrogens with zero attached hydrogens (tertiary/aromatic N) is 3. The summed E-state index contributed by atoms with van der Waals surface area (Å²) in [6.45, 7) is 2.62. The second-order valence-electron chi connectivity index (χ2n) is 5.03. The third-order valence-electron chi connectivity index (χ3n) is 3.42. The normalized spacial score (nSPS) is 19.6. The lowest BCUT2D eigenvalue weighted by Gasteiger charge is -2.20. The molecule has 0 saturated carbocycles. The van der Waals surface area contributed by atoms with Crippen molar-refractivity contribution in [1.82, 2.24) is 19.8 Å². The zero-order chi connectivity index (χ0) is 14.0. The number of carboxylic acid groups (broad SMARTS) is 1. The molecule has 1 atom stereocenters. The van der Waals surface area contributed by atoms with Crippen molar-refractivity contribution in [2.75, 3.05) is 33.7 Å². The van der Waals surface area contributed by atoms with Gasteiger partial charge in [0.15, 0.2) is 11.4 Å². The maximum atomic E-state index is 12.2. The van der Waals surface area contributed by atoms with Crippen molar-refractivity contribution in [3.8, 4) is 0 Å². The molecule has 7 nitrogen and oxygen atoms in total. The molecule has 7 heteroatoms.